The zero-order chi connectivity index (χ0) is 38.9. The summed E-state index contributed by atoms with van der Waals surface area (Å²) in [4.78, 5) is 23.7. The van der Waals surface area contributed by atoms with Crippen LogP contribution in [0.15, 0.2) is 133 Å². The number of aryl methyl sites for hydroxylation is 1. The molecule has 7 nitrogen and oxygen atoms in total. The lowest BCUT2D eigenvalue weighted by Gasteiger charge is -2.25. The van der Waals surface area contributed by atoms with Crippen molar-refractivity contribution in [2.75, 3.05) is 4.90 Å². The van der Waals surface area contributed by atoms with Gasteiger partial charge in [-0.25, -0.2) is 0 Å². The highest BCUT2D eigenvalue weighted by molar-refractivity contribution is 7.57. The number of anilines is 3. The number of unbranched alkanes of at least 4 members (excludes halogenated alkanes) is 6. The quantitative estimate of drug-likeness (QED) is 0.0569. The maximum Gasteiger partial charge on any atom is 0.366 e. The molecule has 0 bridgehead atoms. The highest BCUT2D eigenvalue weighted by Crippen LogP contribution is 2.46. The Balaban J connectivity index is 1.21. The second-order valence-corrected chi connectivity index (χ2v) is 17.0. The molecule has 0 atom stereocenters. The Morgan fingerprint density at radius 3 is 1.88 bits per heavy atom. The van der Waals surface area contributed by atoms with Crippen LogP contribution in [0.4, 0.5) is 17.1 Å². The number of benzene rings is 5. The molecule has 0 aliphatic rings. The molecular formula is C46H43N4O3PS2. The lowest BCUT2D eigenvalue weighted by Crippen LogP contribution is -2.09. The van der Waals surface area contributed by atoms with E-state index in [1.54, 1.807) is 29.5 Å². The first kappa shape index (κ1) is 39.1. The molecular weight excluding hydrogens is 752 g/mol. The fourth-order valence-corrected chi connectivity index (χ4v) is 9.29. The summed E-state index contributed by atoms with van der Waals surface area (Å²) in [5.74, 6) is 0. The van der Waals surface area contributed by atoms with Gasteiger partial charge in [0.2, 0.25) is 0 Å². The maximum absolute atomic E-state index is 11.7. The van der Waals surface area contributed by atoms with Gasteiger partial charge in [0, 0.05) is 37.9 Å². The van der Waals surface area contributed by atoms with Crippen molar-refractivity contribution in [1.29, 1.82) is 5.26 Å². The summed E-state index contributed by atoms with van der Waals surface area (Å²) in [5, 5.41) is 8.66. The lowest BCUT2D eigenvalue weighted by atomic mass is 9.98. The van der Waals surface area contributed by atoms with E-state index >= 15 is 0 Å². The number of allylic oxidation sites excluding steroid dienone is 1. The van der Waals surface area contributed by atoms with Gasteiger partial charge in [-0.15, -0.1) is 11.3 Å². The third-order valence-corrected chi connectivity index (χ3v) is 12.6. The summed E-state index contributed by atoms with van der Waals surface area (Å²) < 4.78 is 21.2. The predicted octanol–water partition coefficient (Wildman–Crippen LogP) is 13.6. The largest absolute Gasteiger partial charge is 0.366 e. The smallest absolute Gasteiger partial charge is 0.321 e. The first-order chi connectivity index (χ1) is 27.3. The van der Waals surface area contributed by atoms with E-state index in [9.17, 15) is 19.6 Å². The van der Waals surface area contributed by atoms with E-state index in [0.717, 1.165) is 62.5 Å². The average molecular weight is 795 g/mol. The highest BCUT2D eigenvalue weighted by atomic mass is 32.1. The summed E-state index contributed by atoms with van der Waals surface area (Å²) in [6.45, 7) is 2.26. The van der Waals surface area contributed by atoms with Crippen LogP contribution in [0.2, 0.25) is 0 Å². The predicted molar refractivity (Wildman–Crippen MR) is 234 cm³/mol. The molecule has 7 aromatic rings. The second kappa shape index (κ2) is 18.2. The van der Waals surface area contributed by atoms with E-state index in [4.69, 9.17) is 8.75 Å². The van der Waals surface area contributed by atoms with Crippen LogP contribution < -0.4 is 4.90 Å². The standard InChI is InChI=1S/C46H43N4O3PS2/c1-2-3-4-5-6-7-10-15-36-31-43(55-46(36)35-24-26-39(27-25-35)50(37-16-11-8-12-17-37)38-18-13-9-14-19-38)42-29-28-41(44-45(42)49-56-48-44)34-22-20-33(21-23-34)30-40(32-47)54(51,52)53/h8-9,11-14,16-31H,2-7,10,15H2,1H3,(H2,51,52,53)/b40-30-. The van der Waals surface area contributed by atoms with Crippen LogP contribution in [0.25, 0.3) is 49.1 Å². The summed E-state index contributed by atoms with van der Waals surface area (Å²) in [7, 11) is -4.65. The summed E-state index contributed by atoms with van der Waals surface area (Å²) in [6, 6.07) is 45.3. The number of hydrogen-bond acceptors (Lipinski definition) is 7. The first-order valence-electron chi connectivity index (χ1n) is 19.0. The molecule has 5 aromatic carbocycles. The van der Waals surface area contributed by atoms with Crippen LogP contribution in [0.3, 0.4) is 0 Å². The number of para-hydroxylation sites is 2. The van der Waals surface area contributed by atoms with Crippen molar-refractivity contribution in [3.8, 4) is 38.1 Å². The molecule has 0 radical (unpaired) electrons. The van der Waals surface area contributed by atoms with Gasteiger partial charge in [0.25, 0.3) is 0 Å². The zero-order valence-electron chi connectivity index (χ0n) is 31.2. The van der Waals surface area contributed by atoms with Crippen molar-refractivity contribution in [3.63, 3.8) is 0 Å². The Morgan fingerprint density at radius 1 is 0.714 bits per heavy atom. The Morgan fingerprint density at radius 2 is 1.27 bits per heavy atom. The van der Waals surface area contributed by atoms with Crippen molar-refractivity contribution < 1.29 is 14.4 Å². The van der Waals surface area contributed by atoms with E-state index in [1.165, 1.54) is 72.3 Å². The van der Waals surface area contributed by atoms with Gasteiger partial charge < -0.3 is 14.7 Å². The third kappa shape index (κ3) is 9.08. The topological polar surface area (TPSA) is 110 Å². The number of thiophene rings is 1. The van der Waals surface area contributed by atoms with E-state index in [-0.39, 0.29) is 0 Å². The molecule has 0 aliphatic carbocycles. The number of nitriles is 1. The molecule has 2 aromatic heterocycles. The minimum absolute atomic E-state index is 0.526. The Kier molecular flexibility index (Phi) is 12.7. The number of fused-ring (bicyclic) bond motifs is 1. The lowest BCUT2D eigenvalue weighted by molar-refractivity contribution is 0.384. The highest BCUT2D eigenvalue weighted by Gasteiger charge is 2.21. The zero-order valence-corrected chi connectivity index (χ0v) is 33.7. The SMILES string of the molecule is CCCCCCCCCc1cc(-c2ccc(-c3ccc(/C=C(/C#N)P(=O)(O)O)cc3)c3nsnc23)sc1-c1ccc(N(c2ccccc2)c2ccccc2)cc1. The number of nitrogens with zero attached hydrogens (tertiary/aromatic N) is 4. The molecule has 0 saturated heterocycles. The van der Waals surface area contributed by atoms with Gasteiger partial charge in [-0.05, 0) is 83.6 Å². The Labute approximate surface area is 336 Å². The average Bonchev–Trinajstić information content (AvgIpc) is 3.89. The van der Waals surface area contributed by atoms with Crippen molar-refractivity contribution in [2.45, 2.75) is 58.3 Å². The van der Waals surface area contributed by atoms with Gasteiger partial charge in [-0.3, -0.25) is 4.57 Å². The van der Waals surface area contributed by atoms with Crippen LogP contribution in [0.5, 0.6) is 0 Å². The molecule has 2 N–H and O–H groups in total. The van der Waals surface area contributed by atoms with Gasteiger partial charge in [-0.1, -0.05) is 130 Å². The molecule has 10 heteroatoms. The van der Waals surface area contributed by atoms with Crippen LogP contribution in [0, 0.1) is 11.3 Å². The normalized spacial score (nSPS) is 11.9. The van der Waals surface area contributed by atoms with Crippen molar-refractivity contribution in [2.24, 2.45) is 0 Å². The van der Waals surface area contributed by atoms with Crippen molar-refractivity contribution in [3.05, 3.63) is 144 Å². The van der Waals surface area contributed by atoms with Crippen LogP contribution in [-0.2, 0) is 11.0 Å². The Bertz CT molecular complexity index is 2460. The van der Waals surface area contributed by atoms with E-state index < -0.39 is 12.9 Å². The number of rotatable bonds is 16. The minimum atomic E-state index is -4.65. The van der Waals surface area contributed by atoms with Gasteiger partial charge >= 0.3 is 7.60 Å². The molecule has 56 heavy (non-hydrogen) atoms. The van der Waals surface area contributed by atoms with Crippen molar-refractivity contribution in [1.82, 2.24) is 8.75 Å². The first-order valence-corrected chi connectivity index (χ1v) is 22.2. The minimum Gasteiger partial charge on any atom is -0.321 e. The van der Waals surface area contributed by atoms with Crippen LogP contribution in [0.1, 0.15) is 63.0 Å². The summed E-state index contributed by atoms with van der Waals surface area (Å²) in [5.41, 5.74) is 10.9. The maximum atomic E-state index is 11.7. The van der Waals surface area contributed by atoms with Crippen LogP contribution >= 0.6 is 30.7 Å². The van der Waals surface area contributed by atoms with E-state index in [2.05, 4.69) is 103 Å². The fourth-order valence-electron chi connectivity index (χ4n) is 7.02. The van der Waals surface area contributed by atoms with Gasteiger partial charge in [0.1, 0.15) is 22.4 Å². The van der Waals surface area contributed by atoms with Gasteiger partial charge in [-0.2, -0.15) is 14.0 Å². The number of hydrogen-bond donors (Lipinski definition) is 2. The molecule has 2 heterocycles. The molecule has 0 aliphatic heterocycles. The molecule has 0 saturated carbocycles. The molecule has 0 unspecified atom stereocenters. The summed E-state index contributed by atoms with van der Waals surface area (Å²) in [6.07, 6.45) is 11.0. The molecule has 0 amide bonds. The monoisotopic (exact) mass is 794 g/mol. The summed E-state index contributed by atoms with van der Waals surface area (Å²) >= 11 is 2.99. The number of aromatic nitrogens is 2. The molecule has 0 spiro atoms. The Hall–Kier alpha value is -5.20. The molecule has 7 rings (SSSR count). The molecule has 0 fully saturated rings. The third-order valence-electron chi connectivity index (χ3n) is 9.91. The van der Waals surface area contributed by atoms with Crippen LogP contribution in [-0.4, -0.2) is 18.5 Å². The van der Waals surface area contributed by atoms with Gasteiger partial charge in [0.05, 0.1) is 11.7 Å². The van der Waals surface area contributed by atoms with Gasteiger partial charge in [0.15, 0.2) is 0 Å². The van der Waals surface area contributed by atoms with Crippen molar-refractivity contribution >= 4 is 64.8 Å². The second-order valence-electron chi connectivity index (χ2n) is 13.8. The van der Waals surface area contributed by atoms with E-state index in [0.29, 0.717) is 5.56 Å². The fraction of sp³-hybridized carbons (Fsp3) is 0.196. The molecule has 282 valence electrons. The van der Waals surface area contributed by atoms with E-state index in [1.807, 2.05) is 24.3 Å².